The first-order valence-corrected chi connectivity index (χ1v) is 9.36. The molecule has 26 heavy (non-hydrogen) atoms. The first-order chi connectivity index (χ1) is 12.1. The van der Waals surface area contributed by atoms with E-state index in [1.54, 1.807) is 0 Å². The SMILES string of the molecule is O=S(=O)(c1cc(-c2ccc(F)cc2)c(-c2ccc(F)cc2)s1)C(F)(F)F. The van der Waals surface area contributed by atoms with Crippen LogP contribution in [0.3, 0.4) is 0 Å². The zero-order valence-electron chi connectivity index (χ0n) is 12.7. The summed E-state index contributed by atoms with van der Waals surface area (Å²) >= 11 is 0.427. The van der Waals surface area contributed by atoms with Crippen LogP contribution in [-0.4, -0.2) is 13.9 Å². The van der Waals surface area contributed by atoms with Gasteiger partial charge in [-0.2, -0.15) is 13.2 Å². The summed E-state index contributed by atoms with van der Waals surface area (Å²) in [5, 5.41) is 0. The second-order valence-corrected chi connectivity index (χ2v) is 8.49. The summed E-state index contributed by atoms with van der Waals surface area (Å²) in [5.41, 5.74) is -4.58. The van der Waals surface area contributed by atoms with E-state index in [9.17, 15) is 30.4 Å². The van der Waals surface area contributed by atoms with E-state index in [2.05, 4.69) is 0 Å². The standard InChI is InChI=1S/C17H9F5O2S2/c18-12-5-1-10(2-6-12)14-9-15(26(23,24)17(20,21)22)25-16(14)11-3-7-13(19)8-4-11/h1-9H. The smallest absolute Gasteiger partial charge is 0.213 e. The van der Waals surface area contributed by atoms with Crippen LogP contribution in [0.15, 0.2) is 58.8 Å². The van der Waals surface area contributed by atoms with Crippen LogP contribution < -0.4 is 0 Å². The van der Waals surface area contributed by atoms with E-state index in [0.717, 1.165) is 30.3 Å². The third kappa shape index (κ3) is 3.36. The summed E-state index contributed by atoms with van der Waals surface area (Å²) in [5.74, 6) is -1.09. The quantitative estimate of drug-likeness (QED) is 0.529. The zero-order valence-corrected chi connectivity index (χ0v) is 14.4. The molecule has 1 heterocycles. The summed E-state index contributed by atoms with van der Waals surface area (Å²) in [7, 11) is -5.54. The van der Waals surface area contributed by atoms with Gasteiger partial charge in [-0.3, -0.25) is 0 Å². The molecule has 0 atom stereocenters. The highest BCUT2D eigenvalue weighted by molar-refractivity contribution is 7.94. The van der Waals surface area contributed by atoms with E-state index < -0.39 is 31.2 Å². The molecule has 0 aliphatic rings. The summed E-state index contributed by atoms with van der Waals surface area (Å²) in [4.78, 5) is 0.208. The van der Waals surface area contributed by atoms with E-state index in [-0.39, 0.29) is 10.4 Å². The van der Waals surface area contributed by atoms with Crippen molar-refractivity contribution in [2.24, 2.45) is 0 Å². The van der Waals surface area contributed by atoms with Gasteiger partial charge in [0.25, 0.3) is 9.84 Å². The minimum absolute atomic E-state index is 0.185. The van der Waals surface area contributed by atoms with Gasteiger partial charge in [0.05, 0.1) is 0 Å². The molecule has 0 saturated carbocycles. The Balaban J connectivity index is 2.24. The molecular formula is C17H9F5O2S2. The van der Waals surface area contributed by atoms with Crippen molar-refractivity contribution in [3.8, 4) is 21.6 Å². The van der Waals surface area contributed by atoms with Gasteiger partial charge in [0.2, 0.25) is 0 Å². The van der Waals surface area contributed by atoms with Gasteiger partial charge in [0, 0.05) is 10.4 Å². The number of hydrogen-bond donors (Lipinski definition) is 0. The highest BCUT2D eigenvalue weighted by atomic mass is 32.2. The number of benzene rings is 2. The number of rotatable bonds is 3. The predicted molar refractivity (Wildman–Crippen MR) is 88.3 cm³/mol. The van der Waals surface area contributed by atoms with Gasteiger partial charge in [-0.05, 0) is 41.5 Å². The van der Waals surface area contributed by atoms with Gasteiger partial charge in [-0.15, -0.1) is 11.3 Å². The molecule has 136 valence electrons. The van der Waals surface area contributed by atoms with Crippen LogP contribution in [0, 0.1) is 11.6 Å². The number of sulfone groups is 1. The van der Waals surface area contributed by atoms with E-state index in [4.69, 9.17) is 0 Å². The maximum atomic E-state index is 13.1. The lowest BCUT2D eigenvalue weighted by Gasteiger charge is -2.04. The second-order valence-electron chi connectivity index (χ2n) is 5.27. The second kappa shape index (κ2) is 6.48. The molecule has 9 heteroatoms. The molecule has 0 amide bonds. The lowest BCUT2D eigenvalue weighted by Crippen LogP contribution is -2.22. The first-order valence-electron chi connectivity index (χ1n) is 7.06. The molecule has 0 aliphatic carbocycles. The minimum Gasteiger partial charge on any atom is -0.213 e. The van der Waals surface area contributed by atoms with Gasteiger partial charge in [-0.1, -0.05) is 24.3 Å². The molecule has 0 aliphatic heterocycles. The van der Waals surface area contributed by atoms with E-state index >= 15 is 0 Å². The predicted octanol–water partition coefficient (Wildman–Crippen LogP) is 5.65. The fourth-order valence-electron chi connectivity index (χ4n) is 2.27. The van der Waals surface area contributed by atoms with Gasteiger partial charge >= 0.3 is 5.51 Å². The Morgan fingerprint density at radius 1 is 0.769 bits per heavy atom. The Hall–Kier alpha value is -2.26. The lowest BCUT2D eigenvalue weighted by molar-refractivity contribution is -0.0434. The highest BCUT2D eigenvalue weighted by Gasteiger charge is 2.48. The van der Waals surface area contributed by atoms with Crippen molar-refractivity contribution in [3.05, 3.63) is 66.2 Å². The molecule has 3 rings (SSSR count). The topological polar surface area (TPSA) is 34.1 Å². The van der Waals surface area contributed by atoms with Crippen molar-refractivity contribution in [2.45, 2.75) is 9.72 Å². The number of thiophene rings is 1. The molecule has 3 aromatic rings. The molecule has 2 aromatic carbocycles. The zero-order chi connectivity index (χ0) is 19.1. The minimum atomic E-state index is -5.54. The van der Waals surface area contributed by atoms with Crippen LogP contribution in [0.1, 0.15) is 0 Å². The summed E-state index contributed by atoms with van der Waals surface area (Å²) < 4.78 is 87.6. The molecule has 0 N–H and O–H groups in total. The van der Waals surface area contributed by atoms with Crippen molar-refractivity contribution < 1.29 is 30.4 Å². The van der Waals surface area contributed by atoms with Crippen molar-refractivity contribution in [1.82, 2.24) is 0 Å². The maximum Gasteiger partial charge on any atom is 0.502 e. The maximum absolute atomic E-state index is 13.1. The Kier molecular flexibility index (Phi) is 4.61. The molecular weight excluding hydrogens is 395 g/mol. The molecule has 0 bridgehead atoms. The van der Waals surface area contributed by atoms with E-state index in [1.165, 1.54) is 24.3 Å². The third-order valence-corrected chi connectivity index (χ3v) is 6.68. The summed E-state index contributed by atoms with van der Waals surface area (Å²) in [6.07, 6.45) is 0. The van der Waals surface area contributed by atoms with Crippen LogP contribution in [0.25, 0.3) is 21.6 Å². The monoisotopic (exact) mass is 404 g/mol. The molecule has 0 unspecified atom stereocenters. The van der Waals surface area contributed by atoms with Gasteiger partial charge < -0.3 is 0 Å². The van der Waals surface area contributed by atoms with Crippen LogP contribution in [0.4, 0.5) is 22.0 Å². The van der Waals surface area contributed by atoms with Crippen LogP contribution in [-0.2, 0) is 9.84 Å². The van der Waals surface area contributed by atoms with Gasteiger partial charge in [0.15, 0.2) is 0 Å². The summed E-state index contributed by atoms with van der Waals surface area (Å²) in [6.45, 7) is 0. The van der Waals surface area contributed by atoms with Crippen LogP contribution in [0.2, 0.25) is 0 Å². The largest absolute Gasteiger partial charge is 0.502 e. The Bertz CT molecular complexity index is 971. The molecule has 0 fully saturated rings. The lowest BCUT2D eigenvalue weighted by atomic mass is 10.0. The average Bonchev–Trinajstić information content (AvgIpc) is 3.01. The average molecular weight is 404 g/mol. The van der Waals surface area contributed by atoms with Crippen LogP contribution >= 0.6 is 11.3 Å². The number of alkyl halides is 3. The van der Waals surface area contributed by atoms with Crippen molar-refractivity contribution in [2.75, 3.05) is 0 Å². The summed E-state index contributed by atoms with van der Waals surface area (Å²) in [6, 6.07) is 10.7. The number of hydrogen-bond acceptors (Lipinski definition) is 3. The molecule has 0 saturated heterocycles. The Morgan fingerprint density at radius 2 is 1.23 bits per heavy atom. The molecule has 0 spiro atoms. The molecule has 0 radical (unpaired) electrons. The van der Waals surface area contributed by atoms with Gasteiger partial charge in [-0.25, -0.2) is 17.2 Å². The van der Waals surface area contributed by atoms with E-state index in [0.29, 0.717) is 22.5 Å². The van der Waals surface area contributed by atoms with E-state index in [1.807, 2.05) is 0 Å². The Morgan fingerprint density at radius 3 is 1.69 bits per heavy atom. The van der Waals surface area contributed by atoms with Crippen molar-refractivity contribution in [1.29, 1.82) is 0 Å². The van der Waals surface area contributed by atoms with Crippen molar-refractivity contribution >= 4 is 21.2 Å². The third-order valence-electron chi connectivity index (χ3n) is 3.54. The fraction of sp³-hybridized carbons (Fsp3) is 0.0588. The molecule has 1 aromatic heterocycles. The normalized spacial score (nSPS) is 12.3. The Labute approximate surface area is 149 Å². The highest BCUT2D eigenvalue weighted by Crippen LogP contribution is 2.44. The first kappa shape index (κ1) is 18.5. The van der Waals surface area contributed by atoms with Gasteiger partial charge in [0.1, 0.15) is 15.8 Å². The molecule has 2 nitrogen and oxygen atoms in total. The van der Waals surface area contributed by atoms with Crippen molar-refractivity contribution in [3.63, 3.8) is 0 Å². The fourth-order valence-corrected chi connectivity index (χ4v) is 4.67. The van der Waals surface area contributed by atoms with Crippen LogP contribution in [0.5, 0.6) is 0 Å². The number of halogens is 5.